The molecule has 0 aliphatic carbocycles. The maximum Gasteiger partial charge on any atom is 0.335 e. The quantitative estimate of drug-likeness (QED) is 0.801. The van der Waals surface area contributed by atoms with E-state index in [0.29, 0.717) is 15.8 Å². The Bertz CT molecular complexity index is 935. The van der Waals surface area contributed by atoms with Crippen LogP contribution in [0.3, 0.4) is 0 Å². The molecule has 138 valence electrons. The third-order valence-corrected chi connectivity index (χ3v) is 5.10. The number of hydrogen-bond acceptors (Lipinski definition) is 5. The van der Waals surface area contributed by atoms with Crippen LogP contribution < -0.4 is 4.74 Å². The third-order valence-electron chi connectivity index (χ3n) is 3.95. The molecule has 1 saturated heterocycles. The summed E-state index contributed by atoms with van der Waals surface area (Å²) in [5, 5.41) is 9.70. The monoisotopic (exact) mass is 382 g/mol. The van der Waals surface area contributed by atoms with Gasteiger partial charge in [-0.2, -0.15) is 0 Å². The first-order valence-corrected chi connectivity index (χ1v) is 8.99. The number of carbonyl (C=O) groups is 2. The fourth-order valence-electron chi connectivity index (χ4n) is 2.52. The van der Waals surface area contributed by atoms with Gasteiger partial charge in [-0.1, -0.05) is 24.3 Å². The summed E-state index contributed by atoms with van der Waals surface area (Å²) in [7, 11) is 3.36. The summed E-state index contributed by atoms with van der Waals surface area (Å²) in [6.07, 6.45) is 1.82. The largest absolute Gasteiger partial charge is 0.489 e. The van der Waals surface area contributed by atoms with Crippen molar-refractivity contribution in [2.24, 2.45) is 4.99 Å². The van der Waals surface area contributed by atoms with Crippen molar-refractivity contribution in [3.05, 3.63) is 70.1 Å². The van der Waals surface area contributed by atoms with Gasteiger partial charge in [-0.25, -0.2) is 4.79 Å². The van der Waals surface area contributed by atoms with Crippen LogP contribution in [0, 0.1) is 0 Å². The molecule has 27 heavy (non-hydrogen) atoms. The summed E-state index contributed by atoms with van der Waals surface area (Å²) in [6.45, 7) is 0.275. The highest BCUT2D eigenvalue weighted by Gasteiger charge is 2.29. The van der Waals surface area contributed by atoms with Crippen molar-refractivity contribution in [2.45, 2.75) is 6.61 Å². The number of likely N-dealkylation sites (N-methyl/N-ethyl adjacent to an activating group) is 1. The smallest absolute Gasteiger partial charge is 0.335 e. The molecule has 0 aromatic heterocycles. The normalized spacial score (nSPS) is 17.0. The predicted molar refractivity (Wildman–Crippen MR) is 106 cm³/mol. The summed E-state index contributed by atoms with van der Waals surface area (Å²) in [5.41, 5.74) is 1.90. The van der Waals surface area contributed by atoms with E-state index in [-0.39, 0.29) is 18.1 Å². The number of carboxylic acids is 1. The molecular formula is C20H18N2O4S. The van der Waals surface area contributed by atoms with Crippen LogP contribution >= 0.6 is 11.8 Å². The average Bonchev–Trinajstić information content (AvgIpc) is 2.95. The SMILES string of the molecule is CN=C1S/C(=C/c2ccc(OCc3cccc(C(=O)O)c3)cc2)C(=O)N1C. The lowest BCUT2D eigenvalue weighted by Crippen LogP contribution is -2.23. The average molecular weight is 382 g/mol. The predicted octanol–water partition coefficient (Wildman–Crippen LogP) is 3.50. The van der Waals surface area contributed by atoms with Crippen LogP contribution in [0.1, 0.15) is 21.5 Å². The van der Waals surface area contributed by atoms with Gasteiger partial charge in [0.05, 0.1) is 10.5 Å². The summed E-state index contributed by atoms with van der Waals surface area (Å²) < 4.78 is 5.71. The second-order valence-corrected chi connectivity index (χ2v) is 6.85. The van der Waals surface area contributed by atoms with Crippen LogP contribution in [0.4, 0.5) is 0 Å². The van der Waals surface area contributed by atoms with Gasteiger partial charge in [0.2, 0.25) is 0 Å². The lowest BCUT2D eigenvalue weighted by molar-refractivity contribution is -0.121. The molecule has 1 heterocycles. The van der Waals surface area contributed by atoms with Gasteiger partial charge in [0.15, 0.2) is 5.17 Å². The first kappa shape index (κ1) is 18.7. The van der Waals surface area contributed by atoms with Gasteiger partial charge in [-0.3, -0.25) is 14.7 Å². The van der Waals surface area contributed by atoms with Crippen LogP contribution in [0.5, 0.6) is 5.75 Å². The Morgan fingerprint density at radius 3 is 2.63 bits per heavy atom. The van der Waals surface area contributed by atoms with Crippen LogP contribution in [0.15, 0.2) is 58.4 Å². The van der Waals surface area contributed by atoms with E-state index in [9.17, 15) is 9.59 Å². The van der Waals surface area contributed by atoms with Gasteiger partial charge in [-0.15, -0.1) is 0 Å². The number of carboxylic acid groups (broad SMARTS) is 1. The Morgan fingerprint density at radius 2 is 2.00 bits per heavy atom. The molecule has 0 radical (unpaired) electrons. The first-order valence-electron chi connectivity index (χ1n) is 8.17. The van der Waals surface area contributed by atoms with Crippen LogP contribution in [0.25, 0.3) is 6.08 Å². The molecule has 0 saturated carbocycles. The van der Waals surface area contributed by atoms with E-state index in [2.05, 4.69) is 4.99 Å². The molecule has 0 bridgehead atoms. The minimum Gasteiger partial charge on any atom is -0.489 e. The van der Waals surface area contributed by atoms with Gasteiger partial charge >= 0.3 is 5.97 Å². The Kier molecular flexibility index (Phi) is 5.61. The molecular weight excluding hydrogens is 364 g/mol. The molecule has 1 aliphatic heterocycles. The van der Waals surface area contributed by atoms with Crippen molar-refractivity contribution >= 4 is 34.9 Å². The van der Waals surface area contributed by atoms with Crippen molar-refractivity contribution in [3.63, 3.8) is 0 Å². The number of hydrogen-bond donors (Lipinski definition) is 1. The molecule has 1 amide bonds. The molecule has 1 aliphatic rings. The van der Waals surface area contributed by atoms with E-state index in [0.717, 1.165) is 11.1 Å². The highest BCUT2D eigenvalue weighted by molar-refractivity contribution is 8.18. The number of ether oxygens (including phenoxy) is 1. The number of benzene rings is 2. The van der Waals surface area contributed by atoms with Crippen LogP contribution in [-0.4, -0.2) is 41.1 Å². The van der Waals surface area contributed by atoms with Crippen LogP contribution in [-0.2, 0) is 11.4 Å². The number of amides is 1. The number of nitrogens with zero attached hydrogens (tertiary/aromatic N) is 2. The summed E-state index contributed by atoms with van der Waals surface area (Å²) in [5.74, 6) is -0.370. The van der Waals surface area contributed by atoms with E-state index in [1.807, 2.05) is 36.4 Å². The molecule has 7 heteroatoms. The second-order valence-electron chi connectivity index (χ2n) is 5.84. The number of rotatable bonds is 5. The molecule has 0 atom stereocenters. The van der Waals surface area contributed by atoms with Gasteiger partial charge in [0.25, 0.3) is 5.91 Å². The maximum absolute atomic E-state index is 12.2. The number of amidine groups is 1. The molecule has 1 fully saturated rings. The van der Waals surface area contributed by atoms with Crippen molar-refractivity contribution in [3.8, 4) is 5.75 Å². The van der Waals surface area contributed by atoms with Gasteiger partial charge in [0, 0.05) is 14.1 Å². The molecule has 0 unspecified atom stereocenters. The van der Waals surface area contributed by atoms with E-state index < -0.39 is 5.97 Å². The Labute approximate surface area is 161 Å². The maximum atomic E-state index is 12.2. The Morgan fingerprint density at radius 1 is 1.26 bits per heavy atom. The lowest BCUT2D eigenvalue weighted by atomic mass is 10.1. The molecule has 0 spiro atoms. The molecule has 3 rings (SSSR count). The molecule has 1 N–H and O–H groups in total. The topological polar surface area (TPSA) is 79.2 Å². The number of aliphatic imine (C=N–C) groups is 1. The second kappa shape index (κ2) is 8.09. The Balaban J connectivity index is 1.66. The number of aromatic carboxylic acids is 1. The summed E-state index contributed by atoms with van der Waals surface area (Å²) in [6, 6.07) is 14.0. The molecule has 6 nitrogen and oxygen atoms in total. The van der Waals surface area contributed by atoms with Crippen molar-refractivity contribution in [2.75, 3.05) is 14.1 Å². The van der Waals surface area contributed by atoms with E-state index in [1.165, 1.54) is 16.7 Å². The summed E-state index contributed by atoms with van der Waals surface area (Å²) >= 11 is 1.35. The third kappa shape index (κ3) is 4.38. The summed E-state index contributed by atoms with van der Waals surface area (Å²) in [4.78, 5) is 29.4. The van der Waals surface area contributed by atoms with Gasteiger partial charge < -0.3 is 9.84 Å². The van der Waals surface area contributed by atoms with Crippen molar-refractivity contribution in [1.29, 1.82) is 0 Å². The minimum absolute atomic E-state index is 0.0701. The zero-order valence-electron chi connectivity index (χ0n) is 14.9. The van der Waals surface area contributed by atoms with Gasteiger partial charge in [-0.05, 0) is 53.2 Å². The highest BCUT2D eigenvalue weighted by atomic mass is 32.2. The minimum atomic E-state index is -0.963. The van der Waals surface area contributed by atoms with E-state index in [4.69, 9.17) is 9.84 Å². The molecule has 2 aromatic carbocycles. The van der Waals surface area contributed by atoms with Gasteiger partial charge in [0.1, 0.15) is 12.4 Å². The fourth-order valence-corrected chi connectivity index (χ4v) is 3.45. The van der Waals surface area contributed by atoms with Crippen LogP contribution in [0.2, 0.25) is 0 Å². The highest BCUT2D eigenvalue weighted by Crippen LogP contribution is 2.31. The Hall–Kier alpha value is -3.06. The van der Waals surface area contributed by atoms with Crippen molar-refractivity contribution in [1.82, 2.24) is 4.90 Å². The molecule has 2 aromatic rings. The van der Waals surface area contributed by atoms with E-state index >= 15 is 0 Å². The standard InChI is InChI=1S/C20H18N2O4S/c1-21-20-22(2)18(23)17(27-20)11-13-6-8-16(9-7-13)26-12-14-4-3-5-15(10-14)19(24)25/h3-11H,12H2,1-2H3,(H,24,25)/b17-11+,21-20?. The number of carbonyl (C=O) groups excluding carboxylic acids is 1. The zero-order chi connectivity index (χ0) is 19.4. The fraction of sp³-hybridized carbons (Fsp3) is 0.150. The first-order chi connectivity index (χ1) is 13.0. The lowest BCUT2D eigenvalue weighted by Gasteiger charge is -2.07. The van der Waals surface area contributed by atoms with Crippen molar-refractivity contribution < 1.29 is 19.4 Å². The number of thioether (sulfide) groups is 1. The van der Waals surface area contributed by atoms with E-state index in [1.54, 1.807) is 32.3 Å². The zero-order valence-corrected chi connectivity index (χ0v) is 15.7.